The molecule has 1 amide bonds. The lowest BCUT2D eigenvalue weighted by Gasteiger charge is -2.30. The molecular formula is C11H15N3O2S. The number of rotatable bonds is 3. The van der Waals surface area contributed by atoms with Gasteiger partial charge in [0.1, 0.15) is 6.54 Å². The van der Waals surface area contributed by atoms with E-state index in [9.17, 15) is 9.70 Å². The number of hydrogen-bond acceptors (Lipinski definition) is 5. The summed E-state index contributed by atoms with van der Waals surface area (Å²) in [5.74, 6) is 0.574. The molecule has 0 N–H and O–H groups in total. The van der Waals surface area contributed by atoms with E-state index in [1.807, 2.05) is 10.3 Å². The molecule has 1 aromatic heterocycles. The van der Waals surface area contributed by atoms with Crippen LogP contribution in [0.4, 0.5) is 0 Å². The van der Waals surface area contributed by atoms with Crippen molar-refractivity contribution in [3.8, 4) is 0 Å². The minimum absolute atomic E-state index is 0.147. The second-order valence-corrected chi connectivity index (χ2v) is 5.13. The van der Waals surface area contributed by atoms with E-state index in [1.54, 1.807) is 18.3 Å². The number of carbonyl (C=O) groups is 1. The lowest BCUT2D eigenvalue weighted by molar-refractivity contribution is -0.129. The van der Waals surface area contributed by atoms with Gasteiger partial charge in [-0.05, 0) is 12.8 Å². The largest absolute Gasteiger partial charge is 0.343 e. The van der Waals surface area contributed by atoms with Crippen molar-refractivity contribution in [2.45, 2.75) is 32.2 Å². The standard InChI is InChI=1S/C11H15N3O2S/c1-8(15)14-4-2-9(3-5-14)11-13-10(6-12-16)7-17-11/h7,9H,2-6H2,1H3. The van der Waals surface area contributed by atoms with E-state index in [1.165, 1.54) is 0 Å². The minimum atomic E-state index is 0.147. The lowest BCUT2D eigenvalue weighted by atomic mass is 9.97. The van der Waals surface area contributed by atoms with Crippen LogP contribution in [-0.2, 0) is 11.3 Å². The van der Waals surface area contributed by atoms with Crippen molar-refractivity contribution in [3.63, 3.8) is 0 Å². The van der Waals surface area contributed by atoms with Crippen molar-refractivity contribution in [1.29, 1.82) is 0 Å². The molecule has 17 heavy (non-hydrogen) atoms. The van der Waals surface area contributed by atoms with E-state index < -0.39 is 0 Å². The van der Waals surface area contributed by atoms with Gasteiger partial charge in [-0.3, -0.25) is 4.79 Å². The van der Waals surface area contributed by atoms with Crippen LogP contribution < -0.4 is 0 Å². The first kappa shape index (κ1) is 12.2. The third-order valence-corrected chi connectivity index (χ3v) is 4.14. The van der Waals surface area contributed by atoms with Crippen LogP contribution in [-0.4, -0.2) is 28.9 Å². The second-order valence-electron chi connectivity index (χ2n) is 4.24. The van der Waals surface area contributed by atoms with E-state index in [4.69, 9.17) is 0 Å². The van der Waals surface area contributed by atoms with Crippen molar-refractivity contribution in [2.75, 3.05) is 13.1 Å². The average Bonchev–Trinajstić information content (AvgIpc) is 2.78. The van der Waals surface area contributed by atoms with Crippen LogP contribution in [0.2, 0.25) is 0 Å². The van der Waals surface area contributed by atoms with Crippen molar-refractivity contribution >= 4 is 17.2 Å². The number of likely N-dealkylation sites (tertiary alicyclic amines) is 1. The Bertz CT molecular complexity index is 411. The fourth-order valence-electron chi connectivity index (χ4n) is 2.09. The molecule has 0 spiro atoms. The number of carbonyl (C=O) groups excluding carboxylic acids is 1. The second kappa shape index (κ2) is 5.35. The molecule has 0 unspecified atom stereocenters. The van der Waals surface area contributed by atoms with Gasteiger partial charge in [0, 0.05) is 31.3 Å². The molecule has 1 aromatic rings. The molecule has 0 radical (unpaired) electrons. The average molecular weight is 253 g/mol. The molecule has 0 bridgehead atoms. The molecule has 2 rings (SSSR count). The van der Waals surface area contributed by atoms with Crippen LogP contribution in [0.3, 0.4) is 0 Å². The fraction of sp³-hybridized carbons (Fsp3) is 0.636. The van der Waals surface area contributed by atoms with Crippen LogP contribution >= 0.6 is 11.3 Å². The van der Waals surface area contributed by atoms with Gasteiger partial charge in [0.05, 0.1) is 10.7 Å². The molecule has 1 fully saturated rings. The first-order valence-corrected chi connectivity index (χ1v) is 6.57. The number of amides is 1. The zero-order chi connectivity index (χ0) is 12.3. The van der Waals surface area contributed by atoms with Gasteiger partial charge in [0.2, 0.25) is 5.91 Å². The molecular weight excluding hydrogens is 238 g/mol. The van der Waals surface area contributed by atoms with Gasteiger partial charge in [-0.1, -0.05) is 5.18 Å². The molecule has 1 saturated heterocycles. The maximum Gasteiger partial charge on any atom is 0.219 e. The van der Waals surface area contributed by atoms with Crippen LogP contribution in [0.1, 0.15) is 36.4 Å². The summed E-state index contributed by atoms with van der Waals surface area (Å²) in [6.45, 7) is 3.38. The highest BCUT2D eigenvalue weighted by Gasteiger charge is 2.23. The summed E-state index contributed by atoms with van der Waals surface area (Å²) < 4.78 is 0. The van der Waals surface area contributed by atoms with E-state index in [0.717, 1.165) is 36.6 Å². The summed E-state index contributed by atoms with van der Waals surface area (Å²) in [5.41, 5.74) is 0.758. The molecule has 1 aliphatic rings. The Hall–Kier alpha value is -1.30. The topological polar surface area (TPSA) is 62.6 Å². The van der Waals surface area contributed by atoms with Crippen molar-refractivity contribution in [1.82, 2.24) is 9.88 Å². The monoisotopic (exact) mass is 253 g/mol. The summed E-state index contributed by atoms with van der Waals surface area (Å²) in [7, 11) is 0. The normalized spacial score (nSPS) is 17.1. The lowest BCUT2D eigenvalue weighted by Crippen LogP contribution is -2.36. The Morgan fingerprint density at radius 2 is 2.29 bits per heavy atom. The number of thiazole rings is 1. The summed E-state index contributed by atoms with van der Waals surface area (Å²) in [6.07, 6.45) is 1.92. The van der Waals surface area contributed by atoms with Crippen LogP contribution in [0, 0.1) is 4.91 Å². The number of nitroso groups, excluding NO2 is 1. The SMILES string of the molecule is CC(=O)N1CCC(c2nc(CN=O)cs2)CC1. The van der Waals surface area contributed by atoms with Crippen LogP contribution in [0.25, 0.3) is 0 Å². The van der Waals surface area contributed by atoms with E-state index in [0.29, 0.717) is 5.92 Å². The van der Waals surface area contributed by atoms with Gasteiger partial charge in [-0.2, -0.15) is 4.91 Å². The molecule has 92 valence electrons. The van der Waals surface area contributed by atoms with Gasteiger partial charge in [-0.15, -0.1) is 11.3 Å². The molecule has 2 heterocycles. The van der Waals surface area contributed by atoms with Crippen molar-refractivity contribution in [2.24, 2.45) is 5.18 Å². The van der Waals surface area contributed by atoms with Gasteiger partial charge >= 0.3 is 0 Å². The molecule has 0 saturated carbocycles. The summed E-state index contributed by atoms with van der Waals surface area (Å²) in [4.78, 5) is 27.6. The maximum atomic E-state index is 11.2. The Labute approximate surface area is 104 Å². The Kier molecular flexibility index (Phi) is 3.83. The predicted molar refractivity (Wildman–Crippen MR) is 65.8 cm³/mol. The third kappa shape index (κ3) is 2.88. The highest BCUT2D eigenvalue weighted by atomic mass is 32.1. The Morgan fingerprint density at radius 1 is 1.59 bits per heavy atom. The molecule has 0 atom stereocenters. The summed E-state index contributed by atoms with van der Waals surface area (Å²) >= 11 is 1.59. The van der Waals surface area contributed by atoms with Crippen molar-refractivity contribution < 1.29 is 4.79 Å². The highest BCUT2D eigenvalue weighted by molar-refractivity contribution is 7.09. The van der Waals surface area contributed by atoms with Gasteiger partial charge in [0.15, 0.2) is 0 Å². The smallest absolute Gasteiger partial charge is 0.219 e. The predicted octanol–water partition coefficient (Wildman–Crippen LogP) is 2.14. The summed E-state index contributed by atoms with van der Waals surface area (Å²) in [5, 5.41) is 5.81. The third-order valence-electron chi connectivity index (χ3n) is 3.09. The van der Waals surface area contributed by atoms with Crippen molar-refractivity contribution in [3.05, 3.63) is 21.0 Å². The fourth-order valence-corrected chi connectivity index (χ4v) is 3.07. The number of piperidine rings is 1. The minimum Gasteiger partial charge on any atom is -0.343 e. The van der Waals surface area contributed by atoms with E-state index in [-0.39, 0.29) is 12.5 Å². The van der Waals surface area contributed by atoms with Gasteiger partial charge in [-0.25, -0.2) is 4.98 Å². The maximum absolute atomic E-state index is 11.2. The zero-order valence-electron chi connectivity index (χ0n) is 9.76. The number of nitrogens with zero attached hydrogens (tertiary/aromatic N) is 3. The highest BCUT2D eigenvalue weighted by Crippen LogP contribution is 2.30. The van der Waals surface area contributed by atoms with Crippen LogP contribution in [0.5, 0.6) is 0 Å². The summed E-state index contributed by atoms with van der Waals surface area (Å²) in [6, 6.07) is 0. The van der Waals surface area contributed by atoms with Crippen LogP contribution in [0.15, 0.2) is 10.6 Å². The number of aromatic nitrogens is 1. The molecule has 0 aliphatic carbocycles. The Balaban J connectivity index is 1.95. The first-order chi connectivity index (χ1) is 8.20. The van der Waals surface area contributed by atoms with Gasteiger partial charge < -0.3 is 4.90 Å². The molecule has 1 aliphatic heterocycles. The number of hydrogen-bond donors (Lipinski definition) is 0. The van der Waals surface area contributed by atoms with E-state index >= 15 is 0 Å². The Morgan fingerprint density at radius 3 is 2.88 bits per heavy atom. The molecule has 5 nitrogen and oxygen atoms in total. The van der Waals surface area contributed by atoms with E-state index in [2.05, 4.69) is 10.2 Å². The first-order valence-electron chi connectivity index (χ1n) is 5.69. The molecule has 0 aromatic carbocycles. The molecule has 6 heteroatoms. The van der Waals surface area contributed by atoms with Gasteiger partial charge in [0.25, 0.3) is 0 Å². The quantitative estimate of drug-likeness (QED) is 0.775. The zero-order valence-corrected chi connectivity index (χ0v) is 10.6.